The Labute approximate surface area is 300 Å². The van der Waals surface area contributed by atoms with Crippen LogP contribution in [0.2, 0.25) is 0 Å². The molecule has 0 aliphatic carbocycles. The molecule has 0 spiro atoms. The van der Waals surface area contributed by atoms with Crippen molar-refractivity contribution in [2.75, 3.05) is 0 Å². The topological polar surface area (TPSA) is 40.6 Å². The molecule has 5 rings (SSSR count). The molecule has 1 heterocycles. The van der Waals surface area contributed by atoms with E-state index in [-0.39, 0.29) is 12.2 Å². The molecule has 0 radical (unpaired) electrons. The number of rotatable bonds is 19. The molecule has 0 aliphatic heterocycles. The third-order valence-electron chi connectivity index (χ3n) is 9.44. The van der Waals surface area contributed by atoms with E-state index in [1.54, 1.807) is 0 Å². The van der Waals surface area contributed by atoms with E-state index in [9.17, 15) is 0 Å². The monoisotopic (exact) mass is 669 g/mol. The van der Waals surface area contributed by atoms with Gasteiger partial charge in [-0.3, -0.25) is 4.98 Å². The SMILES string of the molecule is CCCCCC(CC)Oc1ccc(-c2cc(Oc3ccc(C)c(-c4ccccn4)c3)cc(-c3ccc(OC(CC)CCCCC)cc3)c2)cc1. The lowest BCUT2D eigenvalue weighted by molar-refractivity contribution is 0.182. The van der Waals surface area contributed by atoms with Gasteiger partial charge in [-0.15, -0.1) is 0 Å². The summed E-state index contributed by atoms with van der Waals surface area (Å²) in [6, 6.07) is 35.7. The lowest BCUT2D eigenvalue weighted by Gasteiger charge is -2.18. The molecule has 2 atom stereocenters. The van der Waals surface area contributed by atoms with Crippen molar-refractivity contribution >= 4 is 0 Å². The normalized spacial score (nSPS) is 12.3. The molecule has 0 aliphatic rings. The van der Waals surface area contributed by atoms with Crippen LogP contribution in [0, 0.1) is 6.92 Å². The molecule has 4 nitrogen and oxygen atoms in total. The van der Waals surface area contributed by atoms with Crippen molar-refractivity contribution in [3.05, 3.63) is 115 Å². The summed E-state index contributed by atoms with van der Waals surface area (Å²) in [5, 5.41) is 0. The second-order valence-electron chi connectivity index (χ2n) is 13.4. The van der Waals surface area contributed by atoms with Gasteiger partial charge in [-0.1, -0.05) is 89.8 Å². The number of pyridine rings is 1. The molecule has 4 heteroatoms. The number of aryl methyl sites for hydroxylation is 1. The number of unbranched alkanes of at least 4 members (excludes halogenated alkanes) is 4. The van der Waals surface area contributed by atoms with Crippen LogP contribution in [0.25, 0.3) is 33.5 Å². The first kappa shape index (κ1) is 36.7. The molecule has 2 unspecified atom stereocenters. The summed E-state index contributed by atoms with van der Waals surface area (Å²) in [7, 11) is 0. The van der Waals surface area contributed by atoms with Gasteiger partial charge >= 0.3 is 0 Å². The van der Waals surface area contributed by atoms with E-state index in [1.165, 1.54) is 38.5 Å². The minimum absolute atomic E-state index is 0.247. The van der Waals surface area contributed by atoms with Crippen molar-refractivity contribution in [2.24, 2.45) is 0 Å². The Balaban J connectivity index is 1.43. The molecule has 50 heavy (non-hydrogen) atoms. The predicted molar refractivity (Wildman–Crippen MR) is 209 cm³/mol. The summed E-state index contributed by atoms with van der Waals surface area (Å²) in [6.07, 6.45) is 13.9. The first-order valence-electron chi connectivity index (χ1n) is 18.9. The van der Waals surface area contributed by atoms with Crippen LogP contribution in [-0.4, -0.2) is 17.2 Å². The van der Waals surface area contributed by atoms with Crippen LogP contribution in [0.15, 0.2) is 109 Å². The Kier molecular flexibility index (Phi) is 13.9. The zero-order valence-corrected chi connectivity index (χ0v) is 30.8. The third-order valence-corrected chi connectivity index (χ3v) is 9.44. The summed E-state index contributed by atoms with van der Waals surface area (Å²) in [5.41, 5.74) is 7.53. The Hall–Kier alpha value is -4.57. The minimum atomic E-state index is 0.247. The Morgan fingerprint density at radius 3 is 1.54 bits per heavy atom. The average Bonchev–Trinajstić information content (AvgIpc) is 3.15. The van der Waals surface area contributed by atoms with Gasteiger partial charge in [0, 0.05) is 11.8 Å². The van der Waals surface area contributed by atoms with Gasteiger partial charge in [-0.05, 0) is 140 Å². The number of hydrogen-bond donors (Lipinski definition) is 0. The third kappa shape index (κ3) is 10.5. The van der Waals surface area contributed by atoms with Gasteiger partial charge in [0.05, 0.1) is 17.9 Å². The van der Waals surface area contributed by atoms with Gasteiger partial charge in [0.25, 0.3) is 0 Å². The predicted octanol–water partition coefficient (Wildman–Crippen LogP) is 13.7. The number of hydrogen-bond acceptors (Lipinski definition) is 4. The number of nitrogens with zero attached hydrogens (tertiary/aromatic N) is 1. The molecule has 0 fully saturated rings. The molecule has 1 aromatic heterocycles. The molecule has 0 saturated carbocycles. The highest BCUT2D eigenvalue weighted by atomic mass is 16.5. The lowest BCUT2D eigenvalue weighted by Crippen LogP contribution is -2.15. The van der Waals surface area contributed by atoms with E-state index in [0.717, 1.165) is 87.8 Å². The lowest BCUT2D eigenvalue weighted by atomic mass is 9.98. The van der Waals surface area contributed by atoms with E-state index >= 15 is 0 Å². The molecule has 0 amide bonds. The highest BCUT2D eigenvalue weighted by molar-refractivity contribution is 5.76. The zero-order chi connectivity index (χ0) is 35.1. The van der Waals surface area contributed by atoms with Gasteiger partial charge in [-0.2, -0.15) is 0 Å². The second-order valence-corrected chi connectivity index (χ2v) is 13.4. The maximum atomic E-state index is 6.62. The van der Waals surface area contributed by atoms with Crippen LogP contribution >= 0.6 is 0 Å². The van der Waals surface area contributed by atoms with Crippen molar-refractivity contribution in [1.82, 2.24) is 4.98 Å². The van der Waals surface area contributed by atoms with E-state index in [1.807, 2.05) is 30.5 Å². The molecular formula is C46H55NO3. The van der Waals surface area contributed by atoms with Gasteiger partial charge in [0.15, 0.2) is 0 Å². The van der Waals surface area contributed by atoms with Crippen LogP contribution in [0.1, 0.15) is 97.5 Å². The first-order valence-corrected chi connectivity index (χ1v) is 18.9. The van der Waals surface area contributed by atoms with Crippen molar-refractivity contribution in [1.29, 1.82) is 0 Å². The maximum Gasteiger partial charge on any atom is 0.128 e. The van der Waals surface area contributed by atoms with Crippen LogP contribution in [-0.2, 0) is 0 Å². The van der Waals surface area contributed by atoms with Crippen molar-refractivity contribution in [3.63, 3.8) is 0 Å². The van der Waals surface area contributed by atoms with Gasteiger partial charge in [0.1, 0.15) is 23.0 Å². The zero-order valence-electron chi connectivity index (χ0n) is 30.8. The summed E-state index contributed by atoms with van der Waals surface area (Å²) in [4.78, 5) is 4.59. The molecule has 262 valence electrons. The molecular weight excluding hydrogens is 615 g/mol. The quantitative estimate of drug-likeness (QED) is 0.0821. The largest absolute Gasteiger partial charge is 0.490 e. The highest BCUT2D eigenvalue weighted by Crippen LogP contribution is 2.36. The molecule has 0 saturated heterocycles. The first-order chi connectivity index (χ1) is 24.5. The number of ether oxygens (including phenoxy) is 3. The summed E-state index contributed by atoms with van der Waals surface area (Å²) in [5.74, 6) is 3.39. The fourth-order valence-electron chi connectivity index (χ4n) is 6.36. The van der Waals surface area contributed by atoms with Gasteiger partial charge in [-0.25, -0.2) is 0 Å². The van der Waals surface area contributed by atoms with E-state index in [0.29, 0.717) is 0 Å². The highest BCUT2D eigenvalue weighted by Gasteiger charge is 2.13. The van der Waals surface area contributed by atoms with E-state index < -0.39 is 0 Å². The summed E-state index contributed by atoms with van der Waals surface area (Å²) >= 11 is 0. The fraction of sp³-hybridized carbons (Fsp3) is 0.370. The van der Waals surface area contributed by atoms with Crippen LogP contribution in [0.3, 0.4) is 0 Å². The van der Waals surface area contributed by atoms with Crippen LogP contribution in [0.4, 0.5) is 0 Å². The van der Waals surface area contributed by atoms with Crippen LogP contribution in [0.5, 0.6) is 23.0 Å². The average molecular weight is 670 g/mol. The maximum absolute atomic E-state index is 6.62. The van der Waals surface area contributed by atoms with Gasteiger partial charge in [0.2, 0.25) is 0 Å². The standard InChI is InChI=1S/C46H55NO3/c1-6-10-12-16-39(8-3)48-41-25-20-35(21-26-41)37-30-38(36-22-27-42(28-23-36)49-40(9-4)17-13-11-7-2)32-44(31-37)50-43-24-19-34(5)45(33-43)46-18-14-15-29-47-46/h14-15,18-33,39-40H,6-13,16-17H2,1-5H3. The number of aromatic nitrogens is 1. The number of benzene rings is 4. The fourth-order valence-corrected chi connectivity index (χ4v) is 6.36. The van der Waals surface area contributed by atoms with Crippen LogP contribution < -0.4 is 14.2 Å². The Morgan fingerprint density at radius 2 is 1.06 bits per heavy atom. The smallest absolute Gasteiger partial charge is 0.128 e. The van der Waals surface area contributed by atoms with E-state index in [2.05, 4.69) is 118 Å². The molecule has 0 bridgehead atoms. The molecule has 0 N–H and O–H groups in total. The summed E-state index contributed by atoms with van der Waals surface area (Å²) < 4.78 is 19.4. The molecule has 4 aromatic carbocycles. The second kappa shape index (κ2) is 19.0. The van der Waals surface area contributed by atoms with Crippen molar-refractivity contribution in [3.8, 4) is 56.5 Å². The Bertz CT molecular complexity index is 1650. The molecule has 5 aromatic rings. The Morgan fingerprint density at radius 1 is 0.520 bits per heavy atom. The van der Waals surface area contributed by atoms with Crippen molar-refractivity contribution in [2.45, 2.75) is 111 Å². The summed E-state index contributed by atoms with van der Waals surface area (Å²) in [6.45, 7) is 11.0. The van der Waals surface area contributed by atoms with Crippen molar-refractivity contribution < 1.29 is 14.2 Å². The minimum Gasteiger partial charge on any atom is -0.490 e. The van der Waals surface area contributed by atoms with E-state index in [4.69, 9.17) is 14.2 Å². The van der Waals surface area contributed by atoms with Gasteiger partial charge < -0.3 is 14.2 Å².